The van der Waals surface area contributed by atoms with Crippen molar-refractivity contribution in [2.24, 2.45) is 0 Å². The largest absolute Gasteiger partial charge is 0.494 e. The van der Waals surface area contributed by atoms with Crippen molar-refractivity contribution in [3.8, 4) is 23.3 Å². The fourth-order valence-electron chi connectivity index (χ4n) is 3.53. The van der Waals surface area contributed by atoms with Gasteiger partial charge in [-0.15, -0.1) is 0 Å². The third-order valence-electron chi connectivity index (χ3n) is 5.57. The van der Waals surface area contributed by atoms with Crippen LogP contribution in [0.4, 0.5) is 17.6 Å². The van der Waals surface area contributed by atoms with Gasteiger partial charge in [0.05, 0.1) is 12.2 Å². The average Bonchev–Trinajstić information content (AvgIpc) is 2.88. The van der Waals surface area contributed by atoms with Crippen molar-refractivity contribution in [2.75, 3.05) is 6.61 Å². The molecule has 0 aromatic heterocycles. The van der Waals surface area contributed by atoms with Gasteiger partial charge in [-0.1, -0.05) is 57.3 Å². The van der Waals surface area contributed by atoms with Gasteiger partial charge < -0.3 is 9.47 Å². The van der Waals surface area contributed by atoms with Crippen LogP contribution in [0.25, 0.3) is 0 Å². The predicted octanol–water partition coefficient (Wildman–Crippen LogP) is 7.99. The number of rotatable bonds is 11. The minimum atomic E-state index is -1.28. The van der Waals surface area contributed by atoms with Gasteiger partial charge in [0.25, 0.3) is 0 Å². The Morgan fingerprint density at radius 2 is 1.32 bits per heavy atom. The molecule has 3 aromatic rings. The summed E-state index contributed by atoms with van der Waals surface area (Å²) < 4.78 is 65.6. The average molecular weight is 513 g/mol. The summed E-state index contributed by atoms with van der Waals surface area (Å²) >= 11 is 0. The fraction of sp³-hybridized carbons (Fsp3) is 0.300. The summed E-state index contributed by atoms with van der Waals surface area (Å²) in [6.07, 6.45) is 8.44. The quantitative estimate of drug-likeness (QED) is 0.0859. The zero-order valence-corrected chi connectivity index (χ0v) is 20.6. The minimum Gasteiger partial charge on any atom is -0.494 e. The zero-order chi connectivity index (χ0) is 26.6. The summed E-state index contributed by atoms with van der Waals surface area (Å²) in [6.45, 7) is 2.84. The lowest BCUT2D eigenvalue weighted by molar-refractivity contribution is 0.0719. The first-order valence-corrected chi connectivity index (χ1v) is 12.3. The molecule has 0 fully saturated rings. The van der Waals surface area contributed by atoms with Crippen LogP contribution in [-0.4, -0.2) is 12.6 Å². The minimum absolute atomic E-state index is 0.0295. The number of esters is 1. The number of ether oxygens (including phenoxy) is 2. The molecule has 7 heteroatoms. The van der Waals surface area contributed by atoms with E-state index in [1.54, 1.807) is 24.3 Å². The van der Waals surface area contributed by atoms with Crippen molar-refractivity contribution in [1.82, 2.24) is 0 Å². The second-order valence-corrected chi connectivity index (χ2v) is 8.53. The lowest BCUT2D eigenvalue weighted by Gasteiger charge is -2.07. The van der Waals surface area contributed by atoms with Gasteiger partial charge in [-0.05, 0) is 61.0 Å². The van der Waals surface area contributed by atoms with Crippen molar-refractivity contribution >= 4 is 5.97 Å². The Morgan fingerprint density at radius 3 is 1.97 bits per heavy atom. The summed E-state index contributed by atoms with van der Waals surface area (Å²) in [7, 11) is 0. The van der Waals surface area contributed by atoms with E-state index in [1.165, 1.54) is 32.1 Å². The van der Waals surface area contributed by atoms with Crippen LogP contribution in [0, 0.1) is 35.1 Å². The number of benzene rings is 3. The third-order valence-corrected chi connectivity index (χ3v) is 5.57. The Kier molecular flexibility index (Phi) is 10.6. The molecule has 0 radical (unpaired) electrons. The zero-order valence-electron chi connectivity index (χ0n) is 20.6. The number of hydrogen-bond donors (Lipinski definition) is 0. The highest BCUT2D eigenvalue weighted by molar-refractivity contribution is 5.91. The molecule has 0 saturated heterocycles. The maximum absolute atomic E-state index is 14.4. The molecule has 0 atom stereocenters. The van der Waals surface area contributed by atoms with E-state index in [0.717, 1.165) is 36.8 Å². The molecule has 0 aliphatic carbocycles. The molecule has 0 aliphatic heterocycles. The summed E-state index contributed by atoms with van der Waals surface area (Å²) in [5, 5.41) is 0. The van der Waals surface area contributed by atoms with Crippen LogP contribution in [0.2, 0.25) is 0 Å². The molecule has 3 rings (SSSR count). The van der Waals surface area contributed by atoms with Crippen LogP contribution < -0.4 is 9.47 Å². The molecule has 0 unspecified atom stereocenters. The van der Waals surface area contributed by atoms with E-state index >= 15 is 0 Å². The molecule has 0 spiro atoms. The van der Waals surface area contributed by atoms with E-state index in [4.69, 9.17) is 9.47 Å². The molecule has 0 aliphatic rings. The molecular formula is C30H28F4O3. The lowest BCUT2D eigenvalue weighted by atomic mass is 10.1. The monoisotopic (exact) mass is 512 g/mol. The van der Waals surface area contributed by atoms with Crippen molar-refractivity contribution in [3.63, 3.8) is 0 Å². The van der Waals surface area contributed by atoms with Crippen molar-refractivity contribution in [2.45, 2.75) is 51.9 Å². The molecule has 0 amide bonds. The molecule has 0 bridgehead atoms. The number of hydrogen-bond acceptors (Lipinski definition) is 3. The summed E-state index contributed by atoms with van der Waals surface area (Å²) in [6, 6.07) is 11.2. The van der Waals surface area contributed by atoms with E-state index in [1.807, 2.05) is 0 Å². The molecule has 3 nitrogen and oxygen atoms in total. The number of carbonyl (C=O) groups is 1. The van der Waals surface area contributed by atoms with Gasteiger partial charge in [0, 0.05) is 11.1 Å². The summed E-state index contributed by atoms with van der Waals surface area (Å²) in [5.41, 5.74) is 0.260. The highest BCUT2D eigenvalue weighted by Gasteiger charge is 2.18. The van der Waals surface area contributed by atoms with Gasteiger partial charge in [0.15, 0.2) is 23.3 Å². The first-order valence-electron chi connectivity index (χ1n) is 12.3. The van der Waals surface area contributed by atoms with Gasteiger partial charge in [0.2, 0.25) is 5.75 Å². The van der Waals surface area contributed by atoms with E-state index in [2.05, 4.69) is 18.8 Å². The Bertz CT molecular complexity index is 1240. The summed E-state index contributed by atoms with van der Waals surface area (Å²) in [5.74, 6) is -0.745. The van der Waals surface area contributed by atoms with Crippen LogP contribution in [-0.2, 0) is 0 Å². The second-order valence-electron chi connectivity index (χ2n) is 8.53. The van der Waals surface area contributed by atoms with Crippen LogP contribution in [0.1, 0.15) is 73.4 Å². The first kappa shape index (κ1) is 27.8. The Balaban J connectivity index is 1.54. The Labute approximate surface area is 214 Å². The maximum Gasteiger partial charge on any atom is 0.343 e. The number of unbranched alkanes of at least 4 members (excludes halogenated alkanes) is 6. The third kappa shape index (κ3) is 8.68. The Morgan fingerprint density at radius 1 is 0.703 bits per heavy atom. The van der Waals surface area contributed by atoms with E-state index in [-0.39, 0.29) is 5.56 Å². The van der Waals surface area contributed by atoms with Gasteiger partial charge in [-0.3, -0.25) is 0 Å². The van der Waals surface area contributed by atoms with Crippen LogP contribution >= 0.6 is 0 Å². The molecular weight excluding hydrogens is 484 g/mol. The van der Waals surface area contributed by atoms with Gasteiger partial charge in [0.1, 0.15) is 5.75 Å². The molecule has 0 saturated carbocycles. The van der Waals surface area contributed by atoms with Crippen molar-refractivity contribution < 1.29 is 31.8 Å². The van der Waals surface area contributed by atoms with E-state index < -0.39 is 40.6 Å². The summed E-state index contributed by atoms with van der Waals surface area (Å²) in [4.78, 5) is 12.1. The SMILES string of the molecule is CCCCCCCCCOc1ccc(C#Cc2cc(F)c(OC(=O)c3ccc(F)c(F)c3)c(F)c2)cc1. The maximum atomic E-state index is 14.4. The van der Waals surface area contributed by atoms with Crippen molar-refractivity contribution in [3.05, 3.63) is 94.6 Å². The van der Waals surface area contributed by atoms with Crippen LogP contribution in [0.15, 0.2) is 54.6 Å². The highest BCUT2D eigenvalue weighted by atomic mass is 19.2. The molecule has 0 N–H and O–H groups in total. The second kappa shape index (κ2) is 14.1. The highest BCUT2D eigenvalue weighted by Crippen LogP contribution is 2.24. The smallest absolute Gasteiger partial charge is 0.343 e. The molecule has 37 heavy (non-hydrogen) atoms. The van der Waals surface area contributed by atoms with E-state index in [0.29, 0.717) is 24.3 Å². The fourth-order valence-corrected chi connectivity index (χ4v) is 3.53. The normalized spacial score (nSPS) is 10.5. The Hall–Kier alpha value is -3.79. The predicted molar refractivity (Wildman–Crippen MR) is 134 cm³/mol. The van der Waals surface area contributed by atoms with Crippen LogP contribution in [0.5, 0.6) is 11.5 Å². The van der Waals surface area contributed by atoms with Crippen LogP contribution in [0.3, 0.4) is 0 Å². The topological polar surface area (TPSA) is 35.5 Å². The standard InChI is InChI=1S/C30H28F4O3/c1-2-3-4-5-6-7-8-17-36-24-14-11-21(12-15-24)9-10-22-18-27(33)29(28(34)19-22)37-30(35)23-13-16-25(31)26(32)20-23/h11-16,18-20H,2-8,17H2,1H3. The van der Waals surface area contributed by atoms with Gasteiger partial charge in [-0.2, -0.15) is 0 Å². The molecule has 194 valence electrons. The van der Waals surface area contributed by atoms with Gasteiger partial charge in [-0.25, -0.2) is 22.4 Å². The lowest BCUT2D eigenvalue weighted by Crippen LogP contribution is -2.11. The first-order chi connectivity index (χ1) is 17.9. The number of carbonyl (C=O) groups excluding carboxylic acids is 1. The molecule has 3 aromatic carbocycles. The molecule has 0 heterocycles. The number of halogens is 4. The van der Waals surface area contributed by atoms with Gasteiger partial charge >= 0.3 is 5.97 Å². The van der Waals surface area contributed by atoms with Crippen molar-refractivity contribution in [1.29, 1.82) is 0 Å². The van der Waals surface area contributed by atoms with E-state index in [9.17, 15) is 22.4 Å².